The number of nitrogens with zero attached hydrogens (tertiary/aromatic N) is 2. The smallest absolute Gasteiger partial charge is 0.203 e. The summed E-state index contributed by atoms with van der Waals surface area (Å²) in [4.78, 5) is 0. The van der Waals surface area contributed by atoms with E-state index in [4.69, 9.17) is 14.2 Å². The molecule has 1 heterocycles. The SMILES string of the molecule is COc1cc(CN[C@H](C)Cn2cccn2)cc(OC)c1OC. The maximum Gasteiger partial charge on any atom is 0.203 e. The predicted molar refractivity (Wildman–Crippen MR) is 84.6 cm³/mol. The van der Waals surface area contributed by atoms with Crippen LogP contribution in [0.4, 0.5) is 0 Å². The molecule has 1 atom stereocenters. The van der Waals surface area contributed by atoms with Crippen LogP contribution in [0.5, 0.6) is 17.2 Å². The van der Waals surface area contributed by atoms with Crippen molar-refractivity contribution >= 4 is 0 Å². The first kappa shape index (κ1) is 16.2. The van der Waals surface area contributed by atoms with Gasteiger partial charge in [0.05, 0.1) is 27.9 Å². The molecule has 0 aliphatic heterocycles. The van der Waals surface area contributed by atoms with E-state index in [1.165, 1.54) is 0 Å². The van der Waals surface area contributed by atoms with Crippen molar-refractivity contribution in [2.75, 3.05) is 21.3 Å². The lowest BCUT2D eigenvalue weighted by atomic mass is 10.1. The molecule has 120 valence electrons. The summed E-state index contributed by atoms with van der Waals surface area (Å²) in [5, 5.41) is 7.67. The number of benzene rings is 1. The number of ether oxygens (including phenoxy) is 3. The minimum atomic E-state index is 0.291. The first-order valence-electron chi connectivity index (χ1n) is 7.17. The van der Waals surface area contributed by atoms with Gasteiger partial charge in [0.15, 0.2) is 11.5 Å². The molecule has 0 fully saturated rings. The van der Waals surface area contributed by atoms with Crippen LogP contribution < -0.4 is 19.5 Å². The molecule has 1 aromatic heterocycles. The minimum Gasteiger partial charge on any atom is -0.493 e. The topological polar surface area (TPSA) is 57.5 Å². The van der Waals surface area contributed by atoms with E-state index in [1.807, 2.05) is 29.1 Å². The molecule has 0 spiro atoms. The summed E-state index contributed by atoms with van der Waals surface area (Å²) < 4.78 is 18.0. The van der Waals surface area contributed by atoms with Crippen molar-refractivity contribution in [1.29, 1.82) is 0 Å². The Morgan fingerprint density at radius 2 is 1.82 bits per heavy atom. The molecule has 0 radical (unpaired) electrons. The lowest BCUT2D eigenvalue weighted by molar-refractivity contribution is 0.323. The van der Waals surface area contributed by atoms with E-state index in [1.54, 1.807) is 27.5 Å². The predicted octanol–water partition coefficient (Wildman–Crippen LogP) is 2.09. The van der Waals surface area contributed by atoms with Crippen molar-refractivity contribution in [2.45, 2.75) is 26.1 Å². The molecular formula is C16H23N3O3. The van der Waals surface area contributed by atoms with E-state index < -0.39 is 0 Å². The molecule has 6 nitrogen and oxygen atoms in total. The highest BCUT2D eigenvalue weighted by atomic mass is 16.5. The number of hydrogen-bond acceptors (Lipinski definition) is 5. The van der Waals surface area contributed by atoms with Crippen LogP contribution in [0.25, 0.3) is 0 Å². The van der Waals surface area contributed by atoms with Crippen LogP contribution in [0.1, 0.15) is 12.5 Å². The minimum absolute atomic E-state index is 0.291. The Bertz CT molecular complexity index is 559. The highest BCUT2D eigenvalue weighted by Gasteiger charge is 2.13. The van der Waals surface area contributed by atoms with Crippen molar-refractivity contribution in [3.63, 3.8) is 0 Å². The maximum atomic E-state index is 5.36. The van der Waals surface area contributed by atoms with Gasteiger partial charge in [-0.1, -0.05) is 0 Å². The van der Waals surface area contributed by atoms with Crippen LogP contribution in [-0.2, 0) is 13.1 Å². The van der Waals surface area contributed by atoms with E-state index >= 15 is 0 Å². The van der Waals surface area contributed by atoms with Gasteiger partial charge >= 0.3 is 0 Å². The third-order valence-electron chi connectivity index (χ3n) is 3.40. The van der Waals surface area contributed by atoms with Gasteiger partial charge < -0.3 is 19.5 Å². The lowest BCUT2D eigenvalue weighted by Crippen LogP contribution is -2.30. The van der Waals surface area contributed by atoms with E-state index in [2.05, 4.69) is 17.3 Å². The highest BCUT2D eigenvalue weighted by Crippen LogP contribution is 2.38. The summed E-state index contributed by atoms with van der Waals surface area (Å²) in [6.45, 7) is 3.65. The van der Waals surface area contributed by atoms with Gasteiger partial charge in [0.1, 0.15) is 0 Å². The van der Waals surface area contributed by atoms with Gasteiger partial charge in [-0.05, 0) is 30.7 Å². The zero-order chi connectivity index (χ0) is 15.9. The van der Waals surface area contributed by atoms with Crippen LogP contribution in [0.3, 0.4) is 0 Å². The third kappa shape index (κ3) is 3.92. The van der Waals surface area contributed by atoms with E-state index in [0.29, 0.717) is 29.8 Å². The van der Waals surface area contributed by atoms with Crippen molar-refractivity contribution in [2.24, 2.45) is 0 Å². The second-order valence-corrected chi connectivity index (χ2v) is 5.04. The van der Waals surface area contributed by atoms with Gasteiger partial charge in [0, 0.05) is 25.0 Å². The normalized spacial score (nSPS) is 12.0. The lowest BCUT2D eigenvalue weighted by Gasteiger charge is -2.17. The number of aromatic nitrogens is 2. The Morgan fingerprint density at radius 1 is 1.14 bits per heavy atom. The summed E-state index contributed by atoms with van der Waals surface area (Å²) in [5.74, 6) is 1.94. The number of rotatable bonds is 8. The van der Waals surface area contributed by atoms with Crippen molar-refractivity contribution in [1.82, 2.24) is 15.1 Å². The van der Waals surface area contributed by atoms with Crippen molar-refractivity contribution in [3.8, 4) is 17.2 Å². The summed E-state index contributed by atoms with van der Waals surface area (Å²) in [6, 6.07) is 6.12. The summed E-state index contributed by atoms with van der Waals surface area (Å²) in [7, 11) is 4.84. The second kappa shape index (κ2) is 7.70. The summed E-state index contributed by atoms with van der Waals surface area (Å²) >= 11 is 0. The molecule has 0 saturated carbocycles. The number of methoxy groups -OCH3 is 3. The molecule has 1 aromatic carbocycles. The Morgan fingerprint density at radius 3 is 2.32 bits per heavy atom. The first-order valence-corrected chi connectivity index (χ1v) is 7.17. The fraction of sp³-hybridized carbons (Fsp3) is 0.438. The largest absolute Gasteiger partial charge is 0.493 e. The number of hydrogen-bond donors (Lipinski definition) is 1. The van der Waals surface area contributed by atoms with Crippen LogP contribution in [0.2, 0.25) is 0 Å². The molecule has 0 aliphatic carbocycles. The van der Waals surface area contributed by atoms with Gasteiger partial charge in [0.2, 0.25) is 5.75 Å². The fourth-order valence-electron chi connectivity index (χ4n) is 2.28. The van der Waals surface area contributed by atoms with Crippen LogP contribution >= 0.6 is 0 Å². The zero-order valence-electron chi connectivity index (χ0n) is 13.5. The van der Waals surface area contributed by atoms with Crippen LogP contribution in [-0.4, -0.2) is 37.2 Å². The van der Waals surface area contributed by atoms with Crippen LogP contribution in [0, 0.1) is 0 Å². The standard InChI is InChI=1S/C16H23N3O3/c1-12(11-19-7-5-6-18-19)17-10-13-8-14(20-2)16(22-4)15(9-13)21-3/h5-9,12,17H,10-11H2,1-4H3/t12-/m1/s1. The molecule has 6 heteroatoms. The average Bonchev–Trinajstić information content (AvgIpc) is 3.04. The van der Waals surface area contributed by atoms with Gasteiger partial charge in [-0.25, -0.2) is 0 Å². The maximum absolute atomic E-state index is 5.36. The van der Waals surface area contributed by atoms with E-state index in [9.17, 15) is 0 Å². The quantitative estimate of drug-likeness (QED) is 0.809. The fourth-order valence-corrected chi connectivity index (χ4v) is 2.28. The Labute approximate surface area is 131 Å². The van der Waals surface area contributed by atoms with Gasteiger partial charge in [-0.2, -0.15) is 5.10 Å². The highest BCUT2D eigenvalue weighted by molar-refractivity contribution is 5.53. The van der Waals surface area contributed by atoms with Crippen molar-refractivity contribution < 1.29 is 14.2 Å². The Hall–Kier alpha value is -2.21. The molecule has 0 saturated heterocycles. The molecule has 1 N–H and O–H groups in total. The van der Waals surface area contributed by atoms with Crippen LogP contribution in [0.15, 0.2) is 30.6 Å². The Kier molecular flexibility index (Phi) is 5.66. The molecule has 0 aliphatic rings. The average molecular weight is 305 g/mol. The second-order valence-electron chi connectivity index (χ2n) is 5.04. The third-order valence-corrected chi connectivity index (χ3v) is 3.40. The monoisotopic (exact) mass is 305 g/mol. The zero-order valence-corrected chi connectivity index (χ0v) is 13.5. The molecule has 2 aromatic rings. The van der Waals surface area contributed by atoms with E-state index in [-0.39, 0.29) is 0 Å². The molecule has 2 rings (SSSR count). The summed E-state index contributed by atoms with van der Waals surface area (Å²) in [5.41, 5.74) is 1.07. The van der Waals surface area contributed by atoms with Crippen molar-refractivity contribution in [3.05, 3.63) is 36.2 Å². The van der Waals surface area contributed by atoms with Gasteiger partial charge in [-0.15, -0.1) is 0 Å². The molecule has 22 heavy (non-hydrogen) atoms. The number of nitrogens with one attached hydrogen (secondary N) is 1. The Balaban J connectivity index is 2.03. The van der Waals surface area contributed by atoms with Gasteiger partial charge in [-0.3, -0.25) is 4.68 Å². The molecule has 0 amide bonds. The molecule has 0 unspecified atom stereocenters. The van der Waals surface area contributed by atoms with Gasteiger partial charge in [0.25, 0.3) is 0 Å². The summed E-state index contributed by atoms with van der Waals surface area (Å²) in [6.07, 6.45) is 3.74. The van der Waals surface area contributed by atoms with E-state index in [0.717, 1.165) is 12.1 Å². The molecular weight excluding hydrogens is 282 g/mol. The molecule has 0 bridgehead atoms. The first-order chi connectivity index (χ1) is 10.7.